The van der Waals surface area contributed by atoms with Crippen molar-refractivity contribution in [1.29, 1.82) is 0 Å². The molecule has 0 aromatic heterocycles. The minimum Gasteiger partial charge on any atom is -0.372 e. The van der Waals surface area contributed by atoms with Gasteiger partial charge in [-0.3, -0.25) is 0 Å². The number of anilines is 1. The molecule has 0 fully saturated rings. The molecule has 1 nitrogen and oxygen atoms in total. The molecule has 1 aromatic rings. The highest BCUT2D eigenvalue weighted by atomic mass is 15.1. The van der Waals surface area contributed by atoms with Crippen LogP contribution in [0.1, 0.15) is 128 Å². The van der Waals surface area contributed by atoms with Crippen LogP contribution < -0.4 is 4.90 Å². The van der Waals surface area contributed by atoms with Gasteiger partial charge in [-0.25, -0.2) is 0 Å². The van der Waals surface area contributed by atoms with E-state index in [0.29, 0.717) is 0 Å². The Kier molecular flexibility index (Phi) is 16.0. The van der Waals surface area contributed by atoms with Crippen molar-refractivity contribution in [3.8, 4) is 0 Å². The van der Waals surface area contributed by atoms with E-state index in [-0.39, 0.29) is 0 Å². The maximum absolute atomic E-state index is 2.56. The van der Waals surface area contributed by atoms with E-state index in [0.717, 1.165) is 6.54 Å². The average molecular weight is 402 g/mol. The molecule has 0 N–H and O–H groups in total. The van der Waals surface area contributed by atoms with Crippen LogP contribution in [0.25, 0.3) is 0 Å². The minimum absolute atomic E-state index is 1.11. The standard InChI is InChI=1S/C28H51N/c1-5-7-8-9-10-11-12-13-14-15-16-17-18-19-20-21-25-29(6-2)28-24-22-23-26(3)27(28)4/h22-24H,5-21,25H2,1-4H3. The fraction of sp³-hybridized carbons (Fsp3) is 0.786. The van der Waals surface area contributed by atoms with Gasteiger partial charge >= 0.3 is 0 Å². The number of hydrogen-bond donors (Lipinski definition) is 0. The van der Waals surface area contributed by atoms with Crippen LogP contribution in [-0.4, -0.2) is 13.1 Å². The smallest absolute Gasteiger partial charge is 0.0398 e. The number of unbranched alkanes of at least 4 members (excludes halogenated alkanes) is 15. The van der Waals surface area contributed by atoms with Gasteiger partial charge in [0.25, 0.3) is 0 Å². The van der Waals surface area contributed by atoms with Gasteiger partial charge < -0.3 is 4.90 Å². The third-order valence-electron chi connectivity index (χ3n) is 6.58. The van der Waals surface area contributed by atoms with E-state index < -0.39 is 0 Å². The molecule has 0 aliphatic heterocycles. The van der Waals surface area contributed by atoms with Crippen LogP contribution in [0.15, 0.2) is 18.2 Å². The molecule has 0 radical (unpaired) electrons. The predicted octanol–water partition coefficient (Wildman–Crippen LogP) is 9.39. The minimum atomic E-state index is 1.11. The lowest BCUT2D eigenvalue weighted by Crippen LogP contribution is -2.24. The van der Waals surface area contributed by atoms with Crippen LogP contribution in [0.5, 0.6) is 0 Å². The van der Waals surface area contributed by atoms with Crippen molar-refractivity contribution >= 4 is 5.69 Å². The van der Waals surface area contributed by atoms with E-state index in [1.54, 1.807) is 0 Å². The summed E-state index contributed by atoms with van der Waals surface area (Å²) in [5.74, 6) is 0. The topological polar surface area (TPSA) is 3.24 Å². The second-order valence-corrected chi connectivity index (χ2v) is 9.10. The first-order valence-corrected chi connectivity index (χ1v) is 13.0. The van der Waals surface area contributed by atoms with Crippen molar-refractivity contribution in [2.45, 2.75) is 130 Å². The van der Waals surface area contributed by atoms with Crippen molar-refractivity contribution in [2.75, 3.05) is 18.0 Å². The Morgan fingerprint density at radius 3 is 1.48 bits per heavy atom. The zero-order chi connectivity index (χ0) is 21.2. The summed E-state index contributed by atoms with van der Waals surface area (Å²) in [6.45, 7) is 11.4. The van der Waals surface area contributed by atoms with Crippen molar-refractivity contribution in [3.05, 3.63) is 29.3 Å². The number of nitrogens with zero attached hydrogens (tertiary/aromatic N) is 1. The van der Waals surface area contributed by atoms with Gasteiger partial charge in [-0.2, -0.15) is 0 Å². The van der Waals surface area contributed by atoms with Gasteiger partial charge in [0.05, 0.1) is 0 Å². The molecular weight excluding hydrogens is 350 g/mol. The first-order chi connectivity index (χ1) is 14.2. The van der Waals surface area contributed by atoms with E-state index >= 15 is 0 Å². The molecular formula is C28H51N. The van der Waals surface area contributed by atoms with E-state index in [1.165, 1.54) is 126 Å². The second-order valence-electron chi connectivity index (χ2n) is 9.10. The maximum Gasteiger partial charge on any atom is 0.0398 e. The van der Waals surface area contributed by atoms with E-state index in [2.05, 4.69) is 50.8 Å². The number of hydrogen-bond acceptors (Lipinski definition) is 1. The number of rotatable bonds is 19. The quantitative estimate of drug-likeness (QED) is 0.209. The normalized spacial score (nSPS) is 11.2. The lowest BCUT2D eigenvalue weighted by atomic mass is 10.0. The molecule has 29 heavy (non-hydrogen) atoms. The Hall–Kier alpha value is -0.980. The highest BCUT2D eigenvalue weighted by molar-refractivity contribution is 5.55. The summed E-state index contributed by atoms with van der Waals surface area (Å²) in [5.41, 5.74) is 4.30. The average Bonchev–Trinajstić information content (AvgIpc) is 2.73. The summed E-state index contributed by atoms with van der Waals surface area (Å²) in [5, 5.41) is 0. The largest absolute Gasteiger partial charge is 0.372 e. The third kappa shape index (κ3) is 12.3. The molecule has 0 heterocycles. The highest BCUT2D eigenvalue weighted by Gasteiger charge is 2.08. The fourth-order valence-electron chi connectivity index (χ4n) is 4.38. The van der Waals surface area contributed by atoms with Crippen molar-refractivity contribution < 1.29 is 0 Å². The zero-order valence-corrected chi connectivity index (χ0v) is 20.4. The number of benzene rings is 1. The van der Waals surface area contributed by atoms with Crippen molar-refractivity contribution in [3.63, 3.8) is 0 Å². The first-order valence-electron chi connectivity index (χ1n) is 13.0. The SMILES string of the molecule is CCCCCCCCCCCCCCCCCCN(CC)c1cccc(C)c1C. The Bertz CT molecular complexity index is 493. The Morgan fingerprint density at radius 1 is 0.586 bits per heavy atom. The Labute approximate surface area is 183 Å². The van der Waals surface area contributed by atoms with Crippen LogP contribution in [0.2, 0.25) is 0 Å². The molecule has 0 unspecified atom stereocenters. The molecule has 1 aromatic carbocycles. The van der Waals surface area contributed by atoms with Crippen molar-refractivity contribution in [2.24, 2.45) is 0 Å². The molecule has 0 aliphatic carbocycles. The third-order valence-corrected chi connectivity index (χ3v) is 6.58. The molecule has 1 rings (SSSR count). The molecule has 0 bridgehead atoms. The molecule has 1 heteroatoms. The maximum atomic E-state index is 2.56. The van der Waals surface area contributed by atoms with Gasteiger partial charge in [0, 0.05) is 18.8 Å². The Balaban J connectivity index is 1.92. The summed E-state index contributed by atoms with van der Waals surface area (Å²) >= 11 is 0. The summed E-state index contributed by atoms with van der Waals surface area (Å²) in [6.07, 6.45) is 23.0. The molecule has 168 valence electrons. The monoisotopic (exact) mass is 401 g/mol. The number of aryl methyl sites for hydroxylation is 1. The van der Waals surface area contributed by atoms with Gasteiger partial charge in [0.2, 0.25) is 0 Å². The fourth-order valence-corrected chi connectivity index (χ4v) is 4.38. The second kappa shape index (κ2) is 17.8. The van der Waals surface area contributed by atoms with Gasteiger partial charge in [-0.05, 0) is 44.4 Å². The van der Waals surface area contributed by atoms with Crippen LogP contribution in [0, 0.1) is 13.8 Å². The van der Waals surface area contributed by atoms with Crippen LogP contribution in [-0.2, 0) is 0 Å². The summed E-state index contributed by atoms with van der Waals surface area (Å²) in [4.78, 5) is 2.56. The molecule has 0 spiro atoms. The molecule has 0 saturated heterocycles. The summed E-state index contributed by atoms with van der Waals surface area (Å²) < 4.78 is 0. The molecule has 0 atom stereocenters. The highest BCUT2D eigenvalue weighted by Crippen LogP contribution is 2.23. The zero-order valence-electron chi connectivity index (χ0n) is 20.4. The lowest BCUT2D eigenvalue weighted by molar-refractivity contribution is 0.529. The molecule has 0 amide bonds. The predicted molar refractivity (Wildman–Crippen MR) is 133 cm³/mol. The van der Waals surface area contributed by atoms with E-state index in [9.17, 15) is 0 Å². The van der Waals surface area contributed by atoms with Gasteiger partial charge in [0.1, 0.15) is 0 Å². The molecule has 0 aliphatic rings. The van der Waals surface area contributed by atoms with Gasteiger partial charge in [0.15, 0.2) is 0 Å². The first kappa shape index (κ1) is 26.1. The lowest BCUT2D eigenvalue weighted by Gasteiger charge is -2.25. The van der Waals surface area contributed by atoms with Crippen LogP contribution >= 0.6 is 0 Å². The Morgan fingerprint density at radius 2 is 1.03 bits per heavy atom. The van der Waals surface area contributed by atoms with Crippen LogP contribution in [0.4, 0.5) is 5.69 Å². The summed E-state index contributed by atoms with van der Waals surface area (Å²) in [7, 11) is 0. The summed E-state index contributed by atoms with van der Waals surface area (Å²) in [6, 6.07) is 6.72. The molecule has 0 saturated carbocycles. The van der Waals surface area contributed by atoms with E-state index in [4.69, 9.17) is 0 Å². The van der Waals surface area contributed by atoms with Gasteiger partial charge in [-0.1, -0.05) is 115 Å². The van der Waals surface area contributed by atoms with Gasteiger partial charge in [-0.15, -0.1) is 0 Å². The van der Waals surface area contributed by atoms with Crippen LogP contribution in [0.3, 0.4) is 0 Å². The van der Waals surface area contributed by atoms with E-state index in [1.807, 2.05) is 0 Å². The van der Waals surface area contributed by atoms with Crippen molar-refractivity contribution in [1.82, 2.24) is 0 Å².